The number of ether oxygens (including phenoxy) is 1. The first-order valence-corrected chi connectivity index (χ1v) is 18.2. The van der Waals surface area contributed by atoms with Gasteiger partial charge in [-0.05, 0) is 63.4 Å². The number of piperidine rings is 1. The largest absolute Gasteiger partial charge is 0.495 e. The third-order valence-electron chi connectivity index (χ3n) is 8.24. The Morgan fingerprint density at radius 2 is 1.76 bits per heavy atom. The molecule has 2 aliphatic heterocycles. The fourth-order valence-electron chi connectivity index (χ4n) is 5.80. The van der Waals surface area contributed by atoms with Crippen molar-refractivity contribution in [1.29, 1.82) is 0 Å². The zero-order chi connectivity index (χ0) is 33.2. The Morgan fingerprint density at radius 3 is 2.39 bits per heavy atom. The van der Waals surface area contributed by atoms with E-state index in [1.807, 2.05) is 67.1 Å². The zero-order valence-corrected chi connectivity index (χ0v) is 30.4. The van der Waals surface area contributed by atoms with E-state index in [1.54, 1.807) is 18.4 Å². The van der Waals surface area contributed by atoms with Gasteiger partial charge in [0.15, 0.2) is 5.82 Å². The highest BCUT2D eigenvalue weighted by molar-refractivity contribution is 8.03. The first-order chi connectivity index (χ1) is 22.3. The highest BCUT2D eigenvalue weighted by Gasteiger charge is 2.29. The van der Waals surface area contributed by atoms with Crippen molar-refractivity contribution in [2.45, 2.75) is 65.7 Å². The summed E-state index contributed by atoms with van der Waals surface area (Å²) in [5.41, 5.74) is 3.20. The van der Waals surface area contributed by atoms with Gasteiger partial charge in [-0.3, -0.25) is 9.69 Å². The lowest BCUT2D eigenvalue weighted by atomic mass is 10.0. The molecule has 46 heavy (non-hydrogen) atoms. The number of hydrogen-bond acceptors (Lipinski definition) is 10. The maximum atomic E-state index is 13.5. The minimum absolute atomic E-state index is 0.0482. The number of amides is 1. The van der Waals surface area contributed by atoms with Gasteiger partial charge in [-0.1, -0.05) is 39.8 Å². The van der Waals surface area contributed by atoms with Gasteiger partial charge in [0.1, 0.15) is 5.75 Å². The fraction of sp³-hybridized carbons (Fsp3) is 0.514. The summed E-state index contributed by atoms with van der Waals surface area (Å²) in [7, 11) is 3.81. The molecule has 0 radical (unpaired) electrons. The van der Waals surface area contributed by atoms with E-state index in [0.717, 1.165) is 73.8 Å². The van der Waals surface area contributed by atoms with Crippen molar-refractivity contribution in [3.63, 3.8) is 0 Å². The van der Waals surface area contributed by atoms with Crippen LogP contribution < -0.4 is 15.4 Å². The molecule has 0 atom stereocenters. The van der Waals surface area contributed by atoms with Crippen LogP contribution in [-0.4, -0.2) is 95.3 Å². The average molecular weight is 666 g/mol. The van der Waals surface area contributed by atoms with Crippen LogP contribution in [-0.2, 0) is 0 Å². The highest BCUT2D eigenvalue weighted by Crippen LogP contribution is 2.35. The van der Waals surface area contributed by atoms with E-state index in [9.17, 15) is 4.79 Å². The molecule has 2 aromatic heterocycles. The molecule has 2 N–H and O–H groups in total. The van der Waals surface area contributed by atoms with Crippen molar-refractivity contribution < 1.29 is 9.53 Å². The molecule has 0 unspecified atom stereocenters. The van der Waals surface area contributed by atoms with Gasteiger partial charge in [0.05, 0.1) is 23.0 Å². The lowest BCUT2D eigenvalue weighted by Gasteiger charge is -2.42. The molecule has 2 aliphatic rings. The van der Waals surface area contributed by atoms with E-state index in [0.29, 0.717) is 34.2 Å². The number of allylic oxidation sites excluding steroid dienone is 2. The second-order valence-corrected chi connectivity index (χ2v) is 14.1. The van der Waals surface area contributed by atoms with Crippen LogP contribution in [0.15, 0.2) is 52.4 Å². The average Bonchev–Trinajstić information content (AvgIpc) is 3.56. The first kappa shape index (κ1) is 35.7. The number of hydrogen-bond donors (Lipinski definition) is 2. The van der Waals surface area contributed by atoms with Gasteiger partial charge in [0.2, 0.25) is 5.95 Å². The van der Waals surface area contributed by atoms with E-state index in [-0.39, 0.29) is 5.91 Å². The Kier molecular flexibility index (Phi) is 13.3. The molecular weight excluding hydrogens is 615 g/mol. The second-order valence-electron chi connectivity index (χ2n) is 11.6. The van der Waals surface area contributed by atoms with E-state index in [1.165, 1.54) is 4.91 Å². The SMILES string of the molecule is C/C=C(Nc1nc(Nc2ccc(C(=O)N3CCC(N4CCN(C)CC4)CC3)cc2OC)nc2ccsc12)\C(=C/C)SC(C)C.CC. The van der Waals surface area contributed by atoms with Crippen molar-refractivity contribution in [3.8, 4) is 5.75 Å². The Balaban J connectivity index is 0.00000235. The number of likely N-dealkylation sites (tertiary alicyclic amines) is 1. The number of nitrogens with zero attached hydrogens (tertiary/aromatic N) is 5. The van der Waals surface area contributed by atoms with Crippen LogP contribution in [0.3, 0.4) is 0 Å². The predicted octanol–water partition coefficient (Wildman–Crippen LogP) is 7.68. The van der Waals surface area contributed by atoms with Gasteiger partial charge in [0, 0.05) is 66.7 Å². The van der Waals surface area contributed by atoms with Gasteiger partial charge >= 0.3 is 0 Å². The number of thioether (sulfide) groups is 1. The van der Waals surface area contributed by atoms with E-state index in [2.05, 4.69) is 60.4 Å². The third-order valence-corrected chi connectivity index (χ3v) is 10.3. The summed E-state index contributed by atoms with van der Waals surface area (Å²) in [6, 6.07) is 8.13. The smallest absolute Gasteiger partial charge is 0.253 e. The number of carbonyl (C=O) groups excluding carboxylic acids is 1. The van der Waals surface area contributed by atoms with E-state index in [4.69, 9.17) is 14.7 Å². The van der Waals surface area contributed by atoms with Gasteiger partial charge in [0.25, 0.3) is 5.91 Å². The van der Waals surface area contributed by atoms with Crippen LogP contribution in [0.5, 0.6) is 5.75 Å². The van der Waals surface area contributed by atoms with Gasteiger partial charge < -0.3 is 25.2 Å². The monoisotopic (exact) mass is 665 g/mol. The molecule has 4 heterocycles. The van der Waals surface area contributed by atoms with Crippen LogP contribution in [0.25, 0.3) is 10.2 Å². The normalized spacial score (nSPS) is 17.2. The lowest BCUT2D eigenvalue weighted by Crippen LogP contribution is -2.52. The van der Waals surface area contributed by atoms with Crippen molar-refractivity contribution in [1.82, 2.24) is 24.7 Å². The summed E-state index contributed by atoms with van der Waals surface area (Å²) < 4.78 is 6.73. The number of thiophene rings is 1. The summed E-state index contributed by atoms with van der Waals surface area (Å²) in [4.78, 5) is 31.3. The van der Waals surface area contributed by atoms with Crippen LogP contribution in [0.1, 0.15) is 64.7 Å². The lowest BCUT2D eigenvalue weighted by molar-refractivity contribution is 0.0518. The van der Waals surface area contributed by atoms with Crippen molar-refractivity contribution >= 4 is 56.7 Å². The summed E-state index contributed by atoms with van der Waals surface area (Å²) in [5.74, 6) is 1.82. The van der Waals surface area contributed by atoms with Crippen LogP contribution in [0, 0.1) is 0 Å². The Labute approximate surface area is 283 Å². The van der Waals surface area contributed by atoms with Crippen molar-refractivity contribution in [3.05, 3.63) is 58.0 Å². The molecule has 1 amide bonds. The fourth-order valence-corrected chi connectivity index (χ4v) is 7.52. The molecule has 0 spiro atoms. The number of benzene rings is 1. The zero-order valence-electron chi connectivity index (χ0n) is 28.7. The predicted molar refractivity (Wildman–Crippen MR) is 197 cm³/mol. The molecule has 0 aliphatic carbocycles. The molecule has 2 fully saturated rings. The molecule has 0 bridgehead atoms. The van der Waals surface area contributed by atoms with Crippen molar-refractivity contribution in [2.24, 2.45) is 0 Å². The Bertz CT molecular complexity index is 1500. The molecule has 9 nitrogen and oxygen atoms in total. The van der Waals surface area contributed by atoms with Crippen LogP contribution in [0.4, 0.5) is 17.5 Å². The summed E-state index contributed by atoms with van der Waals surface area (Å²) in [6.45, 7) is 18.5. The molecule has 5 rings (SSSR count). The topological polar surface area (TPSA) is 85.9 Å². The van der Waals surface area contributed by atoms with Crippen LogP contribution in [0.2, 0.25) is 0 Å². The molecule has 0 saturated carbocycles. The van der Waals surface area contributed by atoms with Gasteiger partial charge in [-0.25, -0.2) is 4.98 Å². The minimum atomic E-state index is 0.0482. The number of aromatic nitrogens is 2. The molecule has 250 valence electrons. The van der Waals surface area contributed by atoms with Gasteiger partial charge in [-0.2, -0.15) is 4.98 Å². The number of likely N-dealkylation sites (N-methyl/N-ethyl adjacent to an activating group) is 1. The summed E-state index contributed by atoms with van der Waals surface area (Å²) in [6.07, 6.45) is 6.24. The quantitative estimate of drug-likeness (QED) is 0.212. The number of anilines is 3. The molecular formula is C35H51N7O2S2. The number of rotatable bonds is 10. The highest BCUT2D eigenvalue weighted by atomic mass is 32.2. The number of methoxy groups -OCH3 is 1. The Hall–Kier alpha value is -3.12. The summed E-state index contributed by atoms with van der Waals surface area (Å²) >= 11 is 3.42. The first-order valence-electron chi connectivity index (χ1n) is 16.5. The van der Waals surface area contributed by atoms with E-state index >= 15 is 0 Å². The minimum Gasteiger partial charge on any atom is -0.495 e. The Morgan fingerprint density at radius 1 is 1.04 bits per heavy atom. The van der Waals surface area contributed by atoms with E-state index < -0.39 is 0 Å². The maximum Gasteiger partial charge on any atom is 0.253 e. The van der Waals surface area contributed by atoms with Gasteiger partial charge in [-0.15, -0.1) is 23.1 Å². The molecule has 11 heteroatoms. The number of fused-ring (bicyclic) bond motifs is 1. The standard InChI is InChI=1S/C33H45N7O2S2.C2H6/c1-7-25(29(8-2)44-22(3)4)34-31-30-27(13-20-43-30)36-33(37-31)35-26-10-9-23(21-28(26)42-6)32(41)40-14-11-24(12-15-40)39-18-16-38(5)17-19-39;1-2/h7-10,13,20-22,24H,11-12,14-19H2,1-6H3,(H2,34,35,36,37);1-2H3/b25-7+,29-8+;. The summed E-state index contributed by atoms with van der Waals surface area (Å²) in [5, 5.41) is 9.39. The number of piperazine rings is 1. The number of nitrogens with one attached hydrogen (secondary N) is 2. The molecule has 3 aromatic rings. The third kappa shape index (κ3) is 8.82. The second kappa shape index (κ2) is 17.2. The number of carbonyl (C=O) groups is 1. The molecule has 1 aromatic carbocycles. The molecule has 2 saturated heterocycles. The van der Waals surface area contributed by atoms with Crippen molar-refractivity contribution in [2.75, 3.05) is 64.1 Å². The maximum absolute atomic E-state index is 13.5. The van der Waals surface area contributed by atoms with Crippen LogP contribution >= 0.6 is 23.1 Å².